The Morgan fingerprint density at radius 1 is 1.39 bits per heavy atom. The lowest BCUT2D eigenvalue weighted by Gasteiger charge is -2.00. The van der Waals surface area contributed by atoms with Gasteiger partial charge in [0.05, 0.1) is 17.9 Å². The van der Waals surface area contributed by atoms with E-state index in [2.05, 4.69) is 10.2 Å². The van der Waals surface area contributed by atoms with Crippen LogP contribution in [0.15, 0.2) is 6.20 Å². The second-order valence-corrected chi connectivity index (χ2v) is 4.47. The van der Waals surface area contributed by atoms with Gasteiger partial charge in [-0.05, 0) is 13.8 Å². The Balaban J connectivity index is 2.34. The van der Waals surface area contributed by atoms with E-state index in [0.29, 0.717) is 17.4 Å². The number of carboxylic acid groups (broad SMARTS) is 1. The van der Waals surface area contributed by atoms with E-state index in [1.165, 1.54) is 6.20 Å². The molecule has 96 valence electrons. The van der Waals surface area contributed by atoms with Crippen molar-refractivity contribution in [3.63, 3.8) is 0 Å². The van der Waals surface area contributed by atoms with E-state index in [4.69, 9.17) is 16.7 Å². The van der Waals surface area contributed by atoms with Crippen molar-refractivity contribution in [2.45, 2.75) is 20.4 Å². The molecule has 6 nitrogen and oxygen atoms in total. The highest BCUT2D eigenvalue weighted by molar-refractivity contribution is 6.30. The van der Waals surface area contributed by atoms with Crippen molar-refractivity contribution in [1.82, 2.24) is 19.6 Å². The van der Waals surface area contributed by atoms with Crippen molar-refractivity contribution >= 4 is 17.6 Å². The Hall–Kier alpha value is -1.82. The smallest absolute Gasteiger partial charge is 0.339 e. The summed E-state index contributed by atoms with van der Waals surface area (Å²) < 4.78 is 3.15. The third-order valence-corrected chi connectivity index (χ3v) is 3.24. The van der Waals surface area contributed by atoms with Gasteiger partial charge in [-0.3, -0.25) is 9.36 Å². The summed E-state index contributed by atoms with van der Waals surface area (Å²) in [5, 5.41) is 17.9. The van der Waals surface area contributed by atoms with Gasteiger partial charge in [0, 0.05) is 18.8 Å². The van der Waals surface area contributed by atoms with Crippen LogP contribution in [0.4, 0.5) is 0 Å². The minimum absolute atomic E-state index is 0.202. The molecule has 0 aliphatic heterocycles. The van der Waals surface area contributed by atoms with E-state index >= 15 is 0 Å². The summed E-state index contributed by atoms with van der Waals surface area (Å²) in [7, 11) is 1.76. The summed E-state index contributed by atoms with van der Waals surface area (Å²) in [4.78, 5) is 10.9. The molecular weight excluding hydrogens is 256 g/mol. The van der Waals surface area contributed by atoms with E-state index in [9.17, 15) is 4.79 Å². The summed E-state index contributed by atoms with van der Waals surface area (Å²) in [6.07, 6.45) is 1.50. The number of halogens is 1. The molecule has 18 heavy (non-hydrogen) atoms. The van der Waals surface area contributed by atoms with Gasteiger partial charge >= 0.3 is 5.97 Å². The van der Waals surface area contributed by atoms with Crippen LogP contribution in [0.3, 0.4) is 0 Å². The number of rotatable bonds is 3. The fourth-order valence-corrected chi connectivity index (χ4v) is 2.06. The highest BCUT2D eigenvalue weighted by atomic mass is 35.5. The molecule has 0 fully saturated rings. The quantitative estimate of drug-likeness (QED) is 0.918. The normalized spacial score (nSPS) is 10.9. The molecule has 7 heteroatoms. The molecule has 1 N–H and O–H groups in total. The monoisotopic (exact) mass is 268 g/mol. The Bertz CT molecular complexity index is 615. The van der Waals surface area contributed by atoms with Crippen LogP contribution in [0.1, 0.15) is 27.3 Å². The van der Waals surface area contributed by atoms with Crippen LogP contribution in [0, 0.1) is 13.8 Å². The van der Waals surface area contributed by atoms with Crippen LogP contribution in [-0.4, -0.2) is 30.6 Å². The molecule has 0 aliphatic carbocycles. The number of carbonyl (C=O) groups is 1. The number of nitrogens with zero attached hydrogens (tertiary/aromatic N) is 4. The summed E-state index contributed by atoms with van der Waals surface area (Å²) in [5.74, 6) is -0.979. The third kappa shape index (κ3) is 2.11. The zero-order valence-corrected chi connectivity index (χ0v) is 11.1. The SMILES string of the molecule is Cc1nn(Cc2c(C)nn(C)c2Cl)cc1C(=O)O. The first-order valence-electron chi connectivity index (χ1n) is 5.35. The lowest BCUT2D eigenvalue weighted by Crippen LogP contribution is -2.02. The number of hydrogen-bond donors (Lipinski definition) is 1. The molecular formula is C11H13ClN4O2. The predicted octanol–water partition coefficient (Wildman–Crippen LogP) is 1.63. The fraction of sp³-hybridized carbons (Fsp3) is 0.364. The van der Waals surface area contributed by atoms with Gasteiger partial charge in [-0.15, -0.1) is 0 Å². The number of hydrogen-bond acceptors (Lipinski definition) is 3. The topological polar surface area (TPSA) is 72.9 Å². The molecule has 0 amide bonds. The first-order valence-corrected chi connectivity index (χ1v) is 5.73. The van der Waals surface area contributed by atoms with Crippen molar-refractivity contribution in [2.24, 2.45) is 7.05 Å². The Morgan fingerprint density at radius 3 is 2.50 bits per heavy atom. The number of carboxylic acids is 1. The molecule has 2 rings (SSSR count). The zero-order chi connectivity index (χ0) is 13.4. The van der Waals surface area contributed by atoms with Gasteiger partial charge in [0.25, 0.3) is 0 Å². The molecule has 2 aromatic heterocycles. The molecule has 0 aliphatic rings. The van der Waals surface area contributed by atoms with E-state index in [1.807, 2.05) is 6.92 Å². The maximum absolute atomic E-state index is 10.9. The van der Waals surface area contributed by atoms with Gasteiger partial charge in [0.15, 0.2) is 0 Å². The van der Waals surface area contributed by atoms with Gasteiger partial charge < -0.3 is 5.11 Å². The second-order valence-electron chi connectivity index (χ2n) is 4.11. The van der Waals surface area contributed by atoms with Crippen LogP contribution < -0.4 is 0 Å². The van der Waals surface area contributed by atoms with Crippen LogP contribution in [-0.2, 0) is 13.6 Å². The van der Waals surface area contributed by atoms with Gasteiger partial charge in [-0.1, -0.05) is 11.6 Å². The molecule has 0 unspecified atom stereocenters. The van der Waals surface area contributed by atoms with Crippen molar-refractivity contribution in [3.05, 3.63) is 33.9 Å². The minimum Gasteiger partial charge on any atom is -0.478 e. The van der Waals surface area contributed by atoms with Gasteiger partial charge in [0.1, 0.15) is 10.7 Å². The van der Waals surface area contributed by atoms with E-state index < -0.39 is 5.97 Å². The number of aromatic carboxylic acids is 1. The Morgan fingerprint density at radius 2 is 2.06 bits per heavy atom. The van der Waals surface area contributed by atoms with Gasteiger partial charge in [-0.2, -0.15) is 10.2 Å². The van der Waals surface area contributed by atoms with Crippen molar-refractivity contribution in [1.29, 1.82) is 0 Å². The first-order chi connectivity index (χ1) is 8.40. The Kier molecular flexibility index (Phi) is 3.13. The van der Waals surface area contributed by atoms with Crippen molar-refractivity contribution < 1.29 is 9.90 Å². The summed E-state index contributed by atoms with van der Waals surface area (Å²) >= 11 is 6.12. The molecule has 2 heterocycles. The molecule has 0 bridgehead atoms. The fourth-order valence-electron chi connectivity index (χ4n) is 1.82. The maximum Gasteiger partial charge on any atom is 0.339 e. The van der Waals surface area contributed by atoms with Gasteiger partial charge in [-0.25, -0.2) is 4.79 Å². The molecule has 0 saturated carbocycles. The number of aryl methyl sites for hydroxylation is 3. The lowest BCUT2D eigenvalue weighted by molar-refractivity contribution is 0.0696. The molecule has 0 aromatic carbocycles. The zero-order valence-electron chi connectivity index (χ0n) is 10.3. The predicted molar refractivity (Wildman–Crippen MR) is 66.0 cm³/mol. The first kappa shape index (κ1) is 12.6. The van der Waals surface area contributed by atoms with Crippen LogP contribution in [0.5, 0.6) is 0 Å². The average Bonchev–Trinajstić information content (AvgIpc) is 2.75. The Labute approximate surface area is 109 Å². The third-order valence-electron chi connectivity index (χ3n) is 2.77. The second kappa shape index (κ2) is 4.45. The standard InChI is InChI=1S/C11H13ClN4O2/c1-6-8(10(12)15(3)13-6)4-16-5-9(11(17)18)7(2)14-16/h5H,4H2,1-3H3,(H,17,18). The maximum atomic E-state index is 10.9. The van der Waals surface area contributed by atoms with Crippen LogP contribution >= 0.6 is 11.6 Å². The van der Waals surface area contributed by atoms with Crippen LogP contribution in [0.2, 0.25) is 5.15 Å². The van der Waals surface area contributed by atoms with Gasteiger partial charge in [0.2, 0.25) is 0 Å². The van der Waals surface area contributed by atoms with Crippen molar-refractivity contribution in [3.8, 4) is 0 Å². The molecule has 0 radical (unpaired) electrons. The summed E-state index contributed by atoms with van der Waals surface area (Å²) in [5.41, 5.74) is 2.35. The van der Waals surface area contributed by atoms with Crippen LogP contribution in [0.25, 0.3) is 0 Å². The number of aromatic nitrogens is 4. The van der Waals surface area contributed by atoms with E-state index in [0.717, 1.165) is 11.3 Å². The summed E-state index contributed by atoms with van der Waals surface area (Å²) in [6, 6.07) is 0. The van der Waals surface area contributed by atoms with E-state index in [-0.39, 0.29) is 5.56 Å². The lowest BCUT2D eigenvalue weighted by atomic mass is 10.2. The summed E-state index contributed by atoms with van der Waals surface area (Å²) in [6.45, 7) is 3.93. The molecule has 0 atom stereocenters. The minimum atomic E-state index is -0.979. The molecule has 0 saturated heterocycles. The highest BCUT2D eigenvalue weighted by Crippen LogP contribution is 2.20. The molecule has 2 aromatic rings. The largest absolute Gasteiger partial charge is 0.478 e. The average molecular weight is 269 g/mol. The van der Waals surface area contributed by atoms with E-state index in [1.54, 1.807) is 23.3 Å². The molecule has 0 spiro atoms. The highest BCUT2D eigenvalue weighted by Gasteiger charge is 2.15. The van der Waals surface area contributed by atoms with Crippen molar-refractivity contribution in [2.75, 3.05) is 0 Å².